The normalized spacial score (nSPS) is 14.7. The van der Waals surface area contributed by atoms with Crippen molar-refractivity contribution in [2.75, 3.05) is 40.9 Å². The van der Waals surface area contributed by atoms with Gasteiger partial charge in [-0.3, -0.25) is 18.6 Å². The molecule has 1 amide bonds. The molecule has 0 rings (SSSR count). The molecule has 0 saturated heterocycles. The molecule has 0 aliphatic carbocycles. The fourth-order valence-electron chi connectivity index (χ4n) is 7.87. The zero-order valence-electron chi connectivity index (χ0n) is 50.3. The third-order valence-electron chi connectivity index (χ3n) is 12.5. The van der Waals surface area contributed by atoms with Crippen molar-refractivity contribution in [2.45, 2.75) is 232 Å². The van der Waals surface area contributed by atoms with Crippen LogP contribution in [-0.2, 0) is 27.9 Å². The molecule has 2 N–H and O–H groups in total. The molecule has 0 aliphatic heterocycles. The molecule has 10 heteroatoms. The topological polar surface area (TPSA) is 111 Å². The second-order valence-corrected chi connectivity index (χ2v) is 22.6. The predicted octanol–water partition coefficient (Wildman–Crippen LogP) is 19.0. The summed E-state index contributed by atoms with van der Waals surface area (Å²) in [7, 11) is 1.41. The molecule has 0 saturated carbocycles. The number of hydrogen-bond donors (Lipinski definition) is 2. The Labute approximate surface area is 478 Å². The van der Waals surface area contributed by atoms with Gasteiger partial charge in [0, 0.05) is 12.8 Å². The van der Waals surface area contributed by atoms with E-state index >= 15 is 0 Å². The number of nitrogens with one attached hydrogen (secondary N) is 1. The maximum atomic E-state index is 13.5. The molecule has 0 spiro atoms. The van der Waals surface area contributed by atoms with Crippen molar-refractivity contribution in [2.24, 2.45) is 0 Å². The fourth-order valence-corrected chi connectivity index (χ4v) is 8.61. The van der Waals surface area contributed by atoms with E-state index in [1.807, 2.05) is 45.4 Å². The molecule has 3 unspecified atom stereocenters. The van der Waals surface area contributed by atoms with Gasteiger partial charge in [-0.15, -0.1) is 0 Å². The second kappa shape index (κ2) is 56.2. The van der Waals surface area contributed by atoms with Gasteiger partial charge >= 0.3 is 13.8 Å². The molecular weight excluding hydrogens is 988 g/mol. The molecule has 78 heavy (non-hydrogen) atoms. The van der Waals surface area contributed by atoms with E-state index in [4.69, 9.17) is 13.8 Å². The van der Waals surface area contributed by atoms with E-state index in [0.717, 1.165) is 122 Å². The van der Waals surface area contributed by atoms with Gasteiger partial charge in [0.2, 0.25) is 5.91 Å². The van der Waals surface area contributed by atoms with Crippen molar-refractivity contribution in [3.63, 3.8) is 0 Å². The highest BCUT2D eigenvalue weighted by atomic mass is 31.2. The monoisotopic (exact) mass is 1100 g/mol. The number of rotatable bonds is 53. The summed E-state index contributed by atoms with van der Waals surface area (Å²) in [5, 5.41) is 2.99. The van der Waals surface area contributed by atoms with Gasteiger partial charge in [0.15, 0.2) is 0 Å². The van der Waals surface area contributed by atoms with E-state index in [1.165, 1.54) is 51.4 Å². The first kappa shape index (κ1) is 73.9. The van der Waals surface area contributed by atoms with Crippen molar-refractivity contribution in [3.8, 4) is 0 Å². The Bertz CT molecular complexity index is 1840. The average Bonchev–Trinajstić information content (AvgIpc) is 3.40. The van der Waals surface area contributed by atoms with Gasteiger partial charge in [-0.1, -0.05) is 238 Å². The quantitative estimate of drug-likeness (QED) is 0.0205. The molecule has 0 aromatic carbocycles. The summed E-state index contributed by atoms with van der Waals surface area (Å²) in [6.07, 6.45) is 81.5. The first-order valence-corrected chi connectivity index (χ1v) is 32.2. The first-order valence-electron chi connectivity index (χ1n) is 30.7. The zero-order valence-corrected chi connectivity index (χ0v) is 51.2. The number of hydrogen-bond acceptors (Lipinski definition) is 6. The fraction of sp³-hybridized carbons (Fsp3) is 0.618. The van der Waals surface area contributed by atoms with Crippen LogP contribution in [0, 0.1) is 0 Å². The van der Waals surface area contributed by atoms with Crippen molar-refractivity contribution >= 4 is 19.7 Å². The summed E-state index contributed by atoms with van der Waals surface area (Å²) < 4.78 is 30.6. The lowest BCUT2D eigenvalue weighted by Crippen LogP contribution is -2.47. The predicted molar refractivity (Wildman–Crippen MR) is 336 cm³/mol. The largest absolute Gasteiger partial charge is 0.472 e. The minimum absolute atomic E-state index is 0.0147. The molecule has 0 heterocycles. The smallest absolute Gasteiger partial charge is 0.456 e. The van der Waals surface area contributed by atoms with Gasteiger partial charge < -0.3 is 19.4 Å². The van der Waals surface area contributed by atoms with Crippen LogP contribution in [0.4, 0.5) is 0 Å². The van der Waals surface area contributed by atoms with E-state index in [-0.39, 0.29) is 37.9 Å². The summed E-state index contributed by atoms with van der Waals surface area (Å²) in [6.45, 7) is 6.68. The van der Waals surface area contributed by atoms with Crippen LogP contribution in [0.2, 0.25) is 0 Å². The highest BCUT2D eigenvalue weighted by Gasteiger charge is 2.30. The second-order valence-electron chi connectivity index (χ2n) is 21.1. The molecule has 9 nitrogen and oxygen atoms in total. The summed E-state index contributed by atoms with van der Waals surface area (Å²) in [6, 6.07) is -0.908. The van der Waals surface area contributed by atoms with E-state index in [1.54, 1.807) is 0 Å². The number of allylic oxidation sites excluding steroid dienone is 23. The zero-order chi connectivity index (χ0) is 57.2. The van der Waals surface area contributed by atoms with Crippen LogP contribution in [0.1, 0.15) is 220 Å². The average molecular weight is 1100 g/mol. The van der Waals surface area contributed by atoms with Crippen LogP contribution >= 0.6 is 7.82 Å². The number of amides is 1. The van der Waals surface area contributed by atoms with Crippen LogP contribution in [0.15, 0.2) is 146 Å². The summed E-state index contributed by atoms with van der Waals surface area (Å²) >= 11 is 0. The van der Waals surface area contributed by atoms with E-state index in [0.29, 0.717) is 23.9 Å². The van der Waals surface area contributed by atoms with E-state index < -0.39 is 20.0 Å². The molecule has 0 bridgehead atoms. The molecular formula is C68H114N2O7P+. The number of esters is 1. The van der Waals surface area contributed by atoms with Crippen LogP contribution < -0.4 is 5.32 Å². The molecule has 3 atom stereocenters. The standard InChI is InChI=1S/C68H113N2O7P/c1-7-10-13-16-19-22-25-28-30-32-34-35-37-39-41-43-46-49-52-55-58-61-68(72)77-66(59-56-53-50-47-44-27-24-21-18-15-12-9-3)65(64-76-78(73,74)75-63-62-70(4,5)6)69-67(71)60-57-54-51-48-45-42-40-38-36-33-31-29-26-23-20-17-14-11-8-2/h10-11,13-14,19-20,22-23,28-31,34-36,38-39,41-42,45,51,54,56,59,65-66H,7-9,12,15-18,21,24-27,32-33,37,40,43-44,46-50,52-53,55,57-58,60-64H2,1-6H3,(H-,69,71,73,74)/p+1/b13-10-,14-11-,22-19-,23-20-,30-28-,31-29-,35-34-,38-36-,41-39-,45-42-,54-51-,59-56+. The Morgan fingerprint density at radius 3 is 1.26 bits per heavy atom. The first-order chi connectivity index (χ1) is 37.9. The van der Waals surface area contributed by atoms with Gasteiger partial charge in [-0.05, 0) is 115 Å². The Morgan fingerprint density at radius 2 is 0.833 bits per heavy atom. The Balaban J connectivity index is 5.44. The number of nitrogens with zero attached hydrogens (tertiary/aromatic N) is 1. The van der Waals surface area contributed by atoms with Crippen molar-refractivity contribution < 1.29 is 37.3 Å². The molecule has 442 valence electrons. The summed E-state index contributed by atoms with van der Waals surface area (Å²) in [4.78, 5) is 37.7. The molecule has 0 aromatic rings. The van der Waals surface area contributed by atoms with Gasteiger partial charge in [-0.25, -0.2) is 4.57 Å². The van der Waals surface area contributed by atoms with Gasteiger partial charge in [0.1, 0.15) is 19.3 Å². The van der Waals surface area contributed by atoms with Crippen LogP contribution in [0.5, 0.6) is 0 Å². The number of phosphoric ester groups is 1. The lowest BCUT2D eigenvalue weighted by molar-refractivity contribution is -0.870. The Kier molecular flexibility index (Phi) is 53.2. The minimum Gasteiger partial charge on any atom is -0.456 e. The van der Waals surface area contributed by atoms with E-state index in [9.17, 15) is 19.0 Å². The van der Waals surface area contributed by atoms with Crippen molar-refractivity contribution in [3.05, 3.63) is 146 Å². The molecule has 0 radical (unpaired) electrons. The number of carbonyl (C=O) groups is 2. The summed E-state index contributed by atoms with van der Waals surface area (Å²) in [5.74, 6) is -0.637. The Morgan fingerprint density at radius 1 is 0.462 bits per heavy atom. The number of unbranched alkanes of at least 4 members (excludes halogenated alkanes) is 15. The van der Waals surface area contributed by atoms with Crippen LogP contribution in [0.3, 0.4) is 0 Å². The molecule has 0 aromatic heterocycles. The molecule has 0 aliphatic rings. The van der Waals surface area contributed by atoms with Gasteiger partial charge in [0.05, 0.1) is 33.8 Å². The number of phosphoric acid groups is 1. The lowest BCUT2D eigenvalue weighted by atomic mass is 10.1. The van der Waals surface area contributed by atoms with Gasteiger partial charge in [0.25, 0.3) is 0 Å². The van der Waals surface area contributed by atoms with Crippen LogP contribution in [-0.4, -0.2) is 74.3 Å². The Hall–Kier alpha value is -4.11. The SMILES string of the molecule is CC/C=C\C/C=C\C/C=C\C/C=C\C/C=C\C/C=C\CCC(=O)NC(COP(=O)(O)OCC[N+](C)(C)C)C(/C=C/CCCCCCCCCCCC)OC(=O)CCCCCCC/C=C\C/C=C\C/C=C\C/C=C\C/C=C\CC. The maximum Gasteiger partial charge on any atom is 0.472 e. The highest BCUT2D eigenvalue weighted by Crippen LogP contribution is 2.43. The lowest BCUT2D eigenvalue weighted by Gasteiger charge is -2.27. The minimum atomic E-state index is -4.48. The summed E-state index contributed by atoms with van der Waals surface area (Å²) in [5.41, 5.74) is 0. The number of quaternary nitrogens is 1. The highest BCUT2D eigenvalue weighted by molar-refractivity contribution is 7.47. The number of likely N-dealkylation sites (N-methyl/N-ethyl adjacent to an activating group) is 1. The third-order valence-corrected chi connectivity index (χ3v) is 13.5. The third kappa shape index (κ3) is 56.6. The molecule has 0 fully saturated rings. The van der Waals surface area contributed by atoms with Gasteiger partial charge in [-0.2, -0.15) is 0 Å². The van der Waals surface area contributed by atoms with Crippen LogP contribution in [0.25, 0.3) is 0 Å². The van der Waals surface area contributed by atoms with Crippen molar-refractivity contribution in [1.82, 2.24) is 5.32 Å². The number of carbonyl (C=O) groups excluding carboxylic acids is 2. The maximum absolute atomic E-state index is 13.5. The van der Waals surface area contributed by atoms with Crippen molar-refractivity contribution in [1.29, 1.82) is 0 Å². The number of ether oxygens (including phenoxy) is 1. The van der Waals surface area contributed by atoms with E-state index in [2.05, 4.69) is 148 Å².